The van der Waals surface area contributed by atoms with E-state index in [1.54, 1.807) is 0 Å². The van der Waals surface area contributed by atoms with Crippen molar-refractivity contribution in [3.05, 3.63) is 12.7 Å². The Morgan fingerprint density at radius 1 is 1.25 bits per heavy atom. The number of nitrogens with zero attached hydrogens (tertiary/aromatic N) is 2. The molecule has 1 saturated carbocycles. The largest absolute Gasteiger partial charge is 0.352 e. The van der Waals surface area contributed by atoms with Gasteiger partial charge >= 0.3 is 0 Å². The summed E-state index contributed by atoms with van der Waals surface area (Å²) >= 11 is 0. The van der Waals surface area contributed by atoms with Crippen LogP contribution in [-0.2, 0) is 4.79 Å². The van der Waals surface area contributed by atoms with Gasteiger partial charge in [0.1, 0.15) is 0 Å². The molecule has 4 nitrogen and oxygen atoms in total. The second kappa shape index (κ2) is 5.46. The van der Waals surface area contributed by atoms with Crippen LogP contribution in [0.3, 0.4) is 0 Å². The van der Waals surface area contributed by atoms with Gasteiger partial charge in [-0.15, -0.1) is 6.58 Å². The molecule has 0 radical (unpaired) electrons. The molecule has 4 heteroatoms. The molecule has 1 saturated heterocycles. The Balaban J connectivity index is 1.63. The van der Waals surface area contributed by atoms with E-state index < -0.39 is 0 Å². The van der Waals surface area contributed by atoms with Gasteiger partial charge in [0, 0.05) is 38.8 Å². The Morgan fingerprint density at radius 2 is 1.88 bits per heavy atom. The normalized spacial score (nSPS) is 23.0. The van der Waals surface area contributed by atoms with Crippen LogP contribution in [0, 0.1) is 0 Å². The molecule has 0 aromatic heterocycles. The number of carbonyl (C=O) groups is 1. The van der Waals surface area contributed by atoms with E-state index in [1.165, 1.54) is 12.8 Å². The van der Waals surface area contributed by atoms with Gasteiger partial charge in [0.05, 0.1) is 6.54 Å². The fourth-order valence-electron chi connectivity index (χ4n) is 2.02. The highest BCUT2D eigenvalue weighted by molar-refractivity contribution is 5.78. The van der Waals surface area contributed by atoms with Crippen molar-refractivity contribution in [3.63, 3.8) is 0 Å². The molecule has 2 aliphatic rings. The quantitative estimate of drug-likeness (QED) is 0.670. The van der Waals surface area contributed by atoms with Crippen LogP contribution in [0.2, 0.25) is 0 Å². The van der Waals surface area contributed by atoms with Gasteiger partial charge < -0.3 is 5.32 Å². The zero-order valence-corrected chi connectivity index (χ0v) is 9.82. The molecule has 0 atom stereocenters. The molecule has 0 unspecified atom stereocenters. The second-order valence-electron chi connectivity index (χ2n) is 4.71. The molecule has 1 heterocycles. The second-order valence-corrected chi connectivity index (χ2v) is 4.71. The molecule has 90 valence electrons. The van der Waals surface area contributed by atoms with Crippen LogP contribution >= 0.6 is 0 Å². The van der Waals surface area contributed by atoms with Gasteiger partial charge in [-0.25, -0.2) is 0 Å². The van der Waals surface area contributed by atoms with Gasteiger partial charge in [0.15, 0.2) is 0 Å². The van der Waals surface area contributed by atoms with E-state index in [9.17, 15) is 4.79 Å². The predicted molar refractivity (Wildman–Crippen MR) is 64.2 cm³/mol. The molecular weight excluding hydrogens is 202 g/mol. The molecule has 0 aromatic carbocycles. The molecular formula is C12H21N3O. The Hall–Kier alpha value is -0.870. The average Bonchev–Trinajstić information content (AvgIpc) is 3.05. The first-order valence-corrected chi connectivity index (χ1v) is 6.13. The Labute approximate surface area is 97.3 Å². The van der Waals surface area contributed by atoms with Gasteiger partial charge in [-0.05, 0) is 12.8 Å². The molecule has 1 aliphatic heterocycles. The van der Waals surface area contributed by atoms with Gasteiger partial charge in [0.2, 0.25) is 5.91 Å². The third-order valence-electron chi connectivity index (χ3n) is 3.16. The van der Waals surface area contributed by atoms with Crippen molar-refractivity contribution >= 4 is 5.91 Å². The standard InChI is InChI=1S/C12H21N3O/c1-2-5-14-6-8-15(9-7-14)10-12(16)13-11-3-4-11/h2,11H,1,3-10H2,(H,13,16). The molecule has 0 aromatic rings. The van der Waals surface area contributed by atoms with E-state index in [0.717, 1.165) is 32.7 Å². The monoisotopic (exact) mass is 223 g/mol. The van der Waals surface area contributed by atoms with Gasteiger partial charge in [-0.1, -0.05) is 6.08 Å². The molecule has 1 amide bonds. The Bertz CT molecular complexity index is 255. The first kappa shape index (κ1) is 11.6. The SMILES string of the molecule is C=CCN1CCN(CC(=O)NC2CC2)CC1. The molecule has 2 rings (SSSR count). The van der Waals surface area contributed by atoms with Crippen LogP contribution in [-0.4, -0.2) is 61.0 Å². The summed E-state index contributed by atoms with van der Waals surface area (Å²) in [6.45, 7) is 9.34. The van der Waals surface area contributed by atoms with E-state index in [2.05, 4.69) is 21.7 Å². The van der Waals surface area contributed by atoms with Crippen molar-refractivity contribution in [3.8, 4) is 0 Å². The number of piperazine rings is 1. The topological polar surface area (TPSA) is 35.6 Å². The lowest BCUT2D eigenvalue weighted by atomic mass is 10.3. The molecule has 0 spiro atoms. The van der Waals surface area contributed by atoms with Crippen LogP contribution < -0.4 is 5.32 Å². The minimum atomic E-state index is 0.194. The lowest BCUT2D eigenvalue weighted by molar-refractivity contribution is -0.122. The summed E-state index contributed by atoms with van der Waals surface area (Å²) in [7, 11) is 0. The van der Waals surface area contributed by atoms with Crippen LogP contribution in [0.15, 0.2) is 12.7 Å². The third kappa shape index (κ3) is 3.61. The number of hydrogen-bond acceptors (Lipinski definition) is 3. The van der Waals surface area contributed by atoms with Crippen LogP contribution in [0.25, 0.3) is 0 Å². The minimum Gasteiger partial charge on any atom is -0.352 e. The fourth-order valence-corrected chi connectivity index (χ4v) is 2.02. The highest BCUT2D eigenvalue weighted by Crippen LogP contribution is 2.18. The maximum Gasteiger partial charge on any atom is 0.234 e. The van der Waals surface area contributed by atoms with E-state index >= 15 is 0 Å². The smallest absolute Gasteiger partial charge is 0.234 e. The number of nitrogens with one attached hydrogen (secondary N) is 1. The van der Waals surface area contributed by atoms with Gasteiger partial charge in [-0.2, -0.15) is 0 Å². The van der Waals surface area contributed by atoms with E-state index in [0.29, 0.717) is 12.6 Å². The van der Waals surface area contributed by atoms with E-state index in [-0.39, 0.29) is 5.91 Å². The van der Waals surface area contributed by atoms with Crippen molar-refractivity contribution in [1.82, 2.24) is 15.1 Å². The first-order valence-electron chi connectivity index (χ1n) is 6.13. The molecule has 0 bridgehead atoms. The molecule has 2 fully saturated rings. The highest BCUT2D eigenvalue weighted by Gasteiger charge is 2.24. The summed E-state index contributed by atoms with van der Waals surface area (Å²) in [5.74, 6) is 0.194. The van der Waals surface area contributed by atoms with E-state index in [4.69, 9.17) is 0 Å². The van der Waals surface area contributed by atoms with Gasteiger partial charge in [0.25, 0.3) is 0 Å². The molecule has 1 N–H and O–H groups in total. The van der Waals surface area contributed by atoms with Crippen LogP contribution in [0.4, 0.5) is 0 Å². The van der Waals surface area contributed by atoms with Crippen molar-refractivity contribution in [2.24, 2.45) is 0 Å². The number of rotatable bonds is 5. The predicted octanol–water partition coefficient (Wildman–Crippen LogP) is 0.0686. The lowest BCUT2D eigenvalue weighted by Crippen LogP contribution is -2.49. The van der Waals surface area contributed by atoms with Crippen LogP contribution in [0.5, 0.6) is 0 Å². The van der Waals surface area contributed by atoms with E-state index in [1.807, 2.05) is 6.08 Å². The maximum atomic E-state index is 11.6. The summed E-state index contributed by atoms with van der Waals surface area (Å²) in [5, 5.41) is 3.03. The number of amides is 1. The first-order chi connectivity index (χ1) is 7.78. The minimum absolute atomic E-state index is 0.194. The van der Waals surface area contributed by atoms with Gasteiger partial charge in [-0.3, -0.25) is 14.6 Å². The lowest BCUT2D eigenvalue weighted by Gasteiger charge is -2.33. The third-order valence-corrected chi connectivity index (χ3v) is 3.16. The summed E-state index contributed by atoms with van der Waals surface area (Å²) in [6, 6.07) is 0.481. The van der Waals surface area contributed by atoms with Crippen molar-refractivity contribution < 1.29 is 4.79 Å². The zero-order chi connectivity index (χ0) is 11.4. The Morgan fingerprint density at radius 3 is 2.44 bits per heavy atom. The van der Waals surface area contributed by atoms with Crippen LogP contribution in [0.1, 0.15) is 12.8 Å². The summed E-state index contributed by atoms with van der Waals surface area (Å²) in [6.07, 6.45) is 4.27. The summed E-state index contributed by atoms with van der Waals surface area (Å²) in [5.41, 5.74) is 0. The number of carbonyl (C=O) groups excluding carboxylic acids is 1. The molecule has 16 heavy (non-hydrogen) atoms. The summed E-state index contributed by atoms with van der Waals surface area (Å²) < 4.78 is 0. The number of hydrogen-bond donors (Lipinski definition) is 1. The summed E-state index contributed by atoms with van der Waals surface area (Å²) in [4.78, 5) is 16.2. The van der Waals surface area contributed by atoms with Crippen molar-refractivity contribution in [2.75, 3.05) is 39.3 Å². The zero-order valence-electron chi connectivity index (χ0n) is 9.82. The fraction of sp³-hybridized carbons (Fsp3) is 0.750. The average molecular weight is 223 g/mol. The highest BCUT2D eigenvalue weighted by atomic mass is 16.2. The Kier molecular flexibility index (Phi) is 3.96. The van der Waals surface area contributed by atoms with Crippen molar-refractivity contribution in [2.45, 2.75) is 18.9 Å². The maximum absolute atomic E-state index is 11.6. The molecule has 1 aliphatic carbocycles. The van der Waals surface area contributed by atoms with Crippen molar-refractivity contribution in [1.29, 1.82) is 0 Å².